The van der Waals surface area contributed by atoms with E-state index >= 15 is 0 Å². The van der Waals surface area contributed by atoms with Gasteiger partial charge < -0.3 is 0 Å². The lowest BCUT2D eigenvalue weighted by molar-refractivity contribution is 0.628. The Labute approximate surface area is 100 Å². The Balaban J connectivity index is 2.27. The van der Waals surface area contributed by atoms with Crippen LogP contribution >= 0.6 is 27.5 Å². The summed E-state index contributed by atoms with van der Waals surface area (Å²) in [6.45, 7) is 0. The number of aryl methyl sites for hydroxylation is 1. The SMILES string of the molecule is Cn1nnc(Cc2cc(Cl)ccc2Br)n1. The predicted molar refractivity (Wildman–Crippen MR) is 60.8 cm³/mol. The minimum atomic E-state index is 0.620. The molecule has 0 atom stereocenters. The summed E-state index contributed by atoms with van der Waals surface area (Å²) in [6, 6.07) is 5.63. The standard InChI is InChI=1S/C9H8BrClN4/c1-15-13-9(12-14-15)5-6-4-7(11)2-3-8(6)10/h2-4H,5H2,1H3. The van der Waals surface area contributed by atoms with E-state index in [4.69, 9.17) is 11.6 Å². The summed E-state index contributed by atoms with van der Waals surface area (Å²) in [4.78, 5) is 1.44. The van der Waals surface area contributed by atoms with E-state index in [0.717, 1.165) is 10.0 Å². The molecule has 0 fully saturated rings. The van der Waals surface area contributed by atoms with Crippen LogP contribution in [0.2, 0.25) is 5.02 Å². The summed E-state index contributed by atoms with van der Waals surface area (Å²) >= 11 is 9.36. The first-order valence-corrected chi connectivity index (χ1v) is 5.49. The molecule has 0 N–H and O–H groups in total. The third kappa shape index (κ3) is 2.54. The van der Waals surface area contributed by atoms with Gasteiger partial charge in [-0.25, -0.2) is 0 Å². The van der Waals surface area contributed by atoms with Crippen LogP contribution in [-0.4, -0.2) is 20.2 Å². The molecule has 78 valence electrons. The van der Waals surface area contributed by atoms with Gasteiger partial charge in [0.1, 0.15) is 0 Å². The third-order valence-corrected chi connectivity index (χ3v) is 2.91. The Morgan fingerprint density at radius 1 is 1.47 bits per heavy atom. The monoisotopic (exact) mass is 286 g/mol. The maximum Gasteiger partial charge on any atom is 0.179 e. The zero-order valence-corrected chi connectivity index (χ0v) is 10.3. The normalized spacial score (nSPS) is 10.6. The fraction of sp³-hybridized carbons (Fsp3) is 0.222. The molecule has 0 bridgehead atoms. The number of halogens is 2. The summed E-state index contributed by atoms with van der Waals surface area (Å²) in [7, 11) is 1.74. The molecule has 0 aliphatic rings. The molecule has 1 aromatic heterocycles. The zero-order chi connectivity index (χ0) is 10.8. The molecule has 0 radical (unpaired) electrons. The van der Waals surface area contributed by atoms with Crippen LogP contribution in [-0.2, 0) is 13.5 Å². The third-order valence-electron chi connectivity index (χ3n) is 1.91. The van der Waals surface area contributed by atoms with E-state index in [9.17, 15) is 0 Å². The van der Waals surface area contributed by atoms with E-state index in [-0.39, 0.29) is 0 Å². The first kappa shape index (κ1) is 10.6. The molecular weight excluding hydrogens is 279 g/mol. The summed E-state index contributed by atoms with van der Waals surface area (Å²) in [5.41, 5.74) is 1.05. The molecule has 1 heterocycles. The minimum Gasteiger partial charge on any atom is -0.167 e. The molecule has 0 amide bonds. The minimum absolute atomic E-state index is 0.620. The van der Waals surface area contributed by atoms with Crippen molar-refractivity contribution in [2.45, 2.75) is 6.42 Å². The molecule has 2 aromatic rings. The van der Waals surface area contributed by atoms with Crippen molar-refractivity contribution in [1.82, 2.24) is 20.2 Å². The average Bonchev–Trinajstić information content (AvgIpc) is 2.58. The molecule has 0 spiro atoms. The van der Waals surface area contributed by atoms with Gasteiger partial charge >= 0.3 is 0 Å². The van der Waals surface area contributed by atoms with E-state index in [1.54, 1.807) is 7.05 Å². The van der Waals surface area contributed by atoms with Crippen molar-refractivity contribution in [2.24, 2.45) is 7.05 Å². The Kier molecular flexibility index (Phi) is 3.02. The molecule has 1 aromatic carbocycles. The quantitative estimate of drug-likeness (QED) is 0.850. The molecule has 2 rings (SSSR count). The number of aromatic nitrogens is 4. The van der Waals surface area contributed by atoms with E-state index in [2.05, 4.69) is 31.3 Å². The molecule has 0 saturated heterocycles. The predicted octanol–water partition coefficient (Wildman–Crippen LogP) is 2.22. The summed E-state index contributed by atoms with van der Waals surface area (Å²) in [5.74, 6) is 0.681. The summed E-state index contributed by atoms with van der Waals surface area (Å²) in [6.07, 6.45) is 0.620. The van der Waals surface area contributed by atoms with Crippen molar-refractivity contribution >= 4 is 27.5 Å². The van der Waals surface area contributed by atoms with E-state index < -0.39 is 0 Å². The van der Waals surface area contributed by atoms with Crippen LogP contribution in [0.5, 0.6) is 0 Å². The van der Waals surface area contributed by atoms with Crippen molar-refractivity contribution in [3.63, 3.8) is 0 Å². The summed E-state index contributed by atoms with van der Waals surface area (Å²) in [5, 5.41) is 12.5. The van der Waals surface area contributed by atoms with Crippen LogP contribution in [0.4, 0.5) is 0 Å². The Bertz CT molecular complexity index is 483. The smallest absolute Gasteiger partial charge is 0.167 e. The van der Waals surface area contributed by atoms with Crippen LogP contribution in [0.1, 0.15) is 11.4 Å². The Morgan fingerprint density at radius 3 is 2.93 bits per heavy atom. The van der Waals surface area contributed by atoms with Crippen LogP contribution < -0.4 is 0 Å². The van der Waals surface area contributed by atoms with E-state index in [1.807, 2.05) is 18.2 Å². The van der Waals surface area contributed by atoms with Gasteiger partial charge in [0.2, 0.25) is 0 Å². The number of rotatable bonds is 2. The number of hydrogen-bond donors (Lipinski definition) is 0. The van der Waals surface area contributed by atoms with Gasteiger partial charge in [-0.1, -0.05) is 27.5 Å². The molecule has 15 heavy (non-hydrogen) atoms. The van der Waals surface area contributed by atoms with Crippen molar-refractivity contribution in [2.75, 3.05) is 0 Å². The number of benzene rings is 1. The first-order chi connectivity index (χ1) is 7.15. The van der Waals surface area contributed by atoms with Gasteiger partial charge in [-0.2, -0.15) is 4.80 Å². The summed E-state index contributed by atoms with van der Waals surface area (Å²) < 4.78 is 0.999. The lowest BCUT2D eigenvalue weighted by Gasteiger charge is -2.01. The molecule has 6 heteroatoms. The van der Waals surface area contributed by atoms with Gasteiger partial charge in [-0.15, -0.1) is 10.2 Å². The van der Waals surface area contributed by atoms with Crippen molar-refractivity contribution in [3.05, 3.63) is 39.1 Å². The Morgan fingerprint density at radius 2 is 2.27 bits per heavy atom. The lowest BCUT2D eigenvalue weighted by atomic mass is 10.1. The molecular formula is C9H8BrClN4. The highest BCUT2D eigenvalue weighted by Crippen LogP contribution is 2.22. The first-order valence-electron chi connectivity index (χ1n) is 4.32. The fourth-order valence-corrected chi connectivity index (χ4v) is 1.82. The van der Waals surface area contributed by atoms with Gasteiger partial charge in [0.15, 0.2) is 5.82 Å². The second-order valence-corrected chi connectivity index (χ2v) is 4.40. The second kappa shape index (κ2) is 4.28. The molecule has 0 aliphatic carbocycles. The van der Waals surface area contributed by atoms with Gasteiger partial charge in [-0.05, 0) is 29.0 Å². The molecule has 0 unspecified atom stereocenters. The second-order valence-electron chi connectivity index (χ2n) is 3.11. The number of hydrogen-bond acceptors (Lipinski definition) is 3. The Hall–Kier alpha value is -0.940. The van der Waals surface area contributed by atoms with Crippen LogP contribution in [0, 0.1) is 0 Å². The van der Waals surface area contributed by atoms with E-state index in [1.165, 1.54) is 4.80 Å². The van der Waals surface area contributed by atoms with Gasteiger partial charge in [-0.3, -0.25) is 0 Å². The maximum atomic E-state index is 5.91. The topological polar surface area (TPSA) is 43.6 Å². The zero-order valence-electron chi connectivity index (χ0n) is 7.98. The lowest BCUT2D eigenvalue weighted by Crippen LogP contribution is -1.95. The highest BCUT2D eigenvalue weighted by molar-refractivity contribution is 9.10. The van der Waals surface area contributed by atoms with Crippen LogP contribution in [0.3, 0.4) is 0 Å². The van der Waals surface area contributed by atoms with Crippen molar-refractivity contribution < 1.29 is 0 Å². The van der Waals surface area contributed by atoms with Gasteiger partial charge in [0.05, 0.1) is 7.05 Å². The molecule has 0 aliphatic heterocycles. The van der Waals surface area contributed by atoms with Crippen LogP contribution in [0.15, 0.2) is 22.7 Å². The molecule has 4 nitrogen and oxygen atoms in total. The number of nitrogens with zero attached hydrogens (tertiary/aromatic N) is 4. The average molecular weight is 288 g/mol. The maximum absolute atomic E-state index is 5.91. The van der Waals surface area contributed by atoms with Gasteiger partial charge in [0.25, 0.3) is 0 Å². The van der Waals surface area contributed by atoms with Gasteiger partial charge in [0, 0.05) is 15.9 Å². The van der Waals surface area contributed by atoms with Crippen molar-refractivity contribution in [3.8, 4) is 0 Å². The highest BCUT2D eigenvalue weighted by Gasteiger charge is 2.06. The fourth-order valence-electron chi connectivity index (χ4n) is 1.24. The number of tetrazole rings is 1. The largest absolute Gasteiger partial charge is 0.179 e. The van der Waals surface area contributed by atoms with Crippen molar-refractivity contribution in [1.29, 1.82) is 0 Å². The van der Waals surface area contributed by atoms with Crippen LogP contribution in [0.25, 0.3) is 0 Å². The van der Waals surface area contributed by atoms with E-state index in [0.29, 0.717) is 17.3 Å². The highest BCUT2D eigenvalue weighted by atomic mass is 79.9. The molecule has 0 saturated carbocycles.